The van der Waals surface area contributed by atoms with E-state index in [1.807, 2.05) is 0 Å². The van der Waals surface area contributed by atoms with Gasteiger partial charge in [-0.1, -0.05) is 4.68 Å². The number of nitrogens with zero attached hydrogens (tertiary/aromatic N) is 2. The van der Waals surface area contributed by atoms with E-state index in [0.29, 0.717) is 10.6 Å². The van der Waals surface area contributed by atoms with Crippen LogP contribution in [-0.2, 0) is 29.4 Å². The summed E-state index contributed by atoms with van der Waals surface area (Å²) in [7, 11) is 1.57. The van der Waals surface area contributed by atoms with Crippen LogP contribution >= 0.6 is 23.1 Å². The van der Waals surface area contributed by atoms with Gasteiger partial charge < -0.3 is 19.7 Å². The smallest absolute Gasteiger partial charge is 0.341 e. The first-order valence-corrected chi connectivity index (χ1v) is 10.1. The van der Waals surface area contributed by atoms with E-state index in [2.05, 4.69) is 15.1 Å². The first-order chi connectivity index (χ1) is 12.5. The second-order valence-electron chi connectivity index (χ2n) is 5.76. The molecule has 10 heteroatoms. The Morgan fingerprint density at radius 3 is 2.88 bits per heavy atom. The Morgan fingerprint density at radius 2 is 2.19 bits per heavy atom. The molecule has 0 saturated heterocycles. The summed E-state index contributed by atoms with van der Waals surface area (Å²) >= 11 is 2.47. The average Bonchev–Trinajstić information content (AvgIpc) is 3.13. The SMILES string of the molecule is CCOC(=O)c1c(NC(=O)CSc2c([O-])on[n+]2C)sc2c1CCCC2. The Balaban J connectivity index is 1.75. The first-order valence-electron chi connectivity index (χ1n) is 8.28. The summed E-state index contributed by atoms with van der Waals surface area (Å²) < 4.78 is 11.0. The fourth-order valence-electron chi connectivity index (χ4n) is 2.83. The van der Waals surface area contributed by atoms with Gasteiger partial charge in [-0.15, -0.1) is 11.3 Å². The molecule has 1 aliphatic carbocycles. The number of nitrogens with one attached hydrogen (secondary N) is 1. The van der Waals surface area contributed by atoms with Crippen molar-refractivity contribution in [2.45, 2.75) is 37.6 Å². The van der Waals surface area contributed by atoms with Crippen molar-refractivity contribution in [2.75, 3.05) is 17.7 Å². The normalized spacial score (nSPS) is 13.3. The van der Waals surface area contributed by atoms with Gasteiger partial charge in [-0.25, -0.2) is 4.79 Å². The average molecular weight is 397 g/mol. The van der Waals surface area contributed by atoms with Crippen LogP contribution in [0.3, 0.4) is 0 Å². The molecule has 0 radical (unpaired) electrons. The van der Waals surface area contributed by atoms with Gasteiger partial charge in [0.05, 0.1) is 23.2 Å². The molecular formula is C16H19N3O5S2. The molecule has 0 aromatic carbocycles. The summed E-state index contributed by atoms with van der Waals surface area (Å²) in [5.74, 6) is -1.28. The van der Waals surface area contributed by atoms with Gasteiger partial charge in [0.1, 0.15) is 5.00 Å². The zero-order valence-corrected chi connectivity index (χ0v) is 16.1. The molecule has 0 aliphatic heterocycles. The van der Waals surface area contributed by atoms with E-state index < -0.39 is 11.9 Å². The Morgan fingerprint density at radius 1 is 1.42 bits per heavy atom. The van der Waals surface area contributed by atoms with Gasteiger partial charge >= 0.3 is 5.97 Å². The number of amides is 1. The van der Waals surface area contributed by atoms with Gasteiger partial charge in [0.25, 0.3) is 5.03 Å². The van der Waals surface area contributed by atoms with Crippen LogP contribution in [0.25, 0.3) is 0 Å². The van der Waals surface area contributed by atoms with E-state index in [9.17, 15) is 14.7 Å². The Labute approximate surface area is 158 Å². The molecule has 0 atom stereocenters. The molecule has 2 heterocycles. The zero-order chi connectivity index (χ0) is 18.7. The van der Waals surface area contributed by atoms with Crippen LogP contribution in [0.5, 0.6) is 5.95 Å². The monoisotopic (exact) mass is 397 g/mol. The Bertz CT molecular complexity index is 811. The fourth-order valence-corrected chi connectivity index (χ4v) is 4.84. The fraction of sp³-hybridized carbons (Fsp3) is 0.500. The van der Waals surface area contributed by atoms with Crippen molar-refractivity contribution < 1.29 is 28.6 Å². The van der Waals surface area contributed by atoms with Gasteiger partial charge in [0.15, 0.2) is 13.0 Å². The van der Waals surface area contributed by atoms with Crippen molar-refractivity contribution in [2.24, 2.45) is 7.05 Å². The van der Waals surface area contributed by atoms with Crippen molar-refractivity contribution in [3.63, 3.8) is 0 Å². The third kappa shape index (κ3) is 3.85. The lowest BCUT2D eigenvalue weighted by Crippen LogP contribution is -2.32. The third-order valence-electron chi connectivity index (χ3n) is 3.96. The lowest BCUT2D eigenvalue weighted by atomic mass is 9.95. The molecule has 140 valence electrons. The molecule has 8 nitrogen and oxygen atoms in total. The van der Waals surface area contributed by atoms with Crippen LogP contribution in [0.15, 0.2) is 9.55 Å². The first kappa shape index (κ1) is 18.7. The molecule has 0 bridgehead atoms. The van der Waals surface area contributed by atoms with E-state index in [-0.39, 0.29) is 23.3 Å². The molecular weight excluding hydrogens is 378 g/mol. The number of fused-ring (bicyclic) bond motifs is 1. The third-order valence-corrected chi connectivity index (χ3v) is 6.28. The summed E-state index contributed by atoms with van der Waals surface area (Å²) in [6.45, 7) is 2.04. The number of carbonyl (C=O) groups excluding carboxylic acids is 2. The minimum absolute atomic E-state index is 0.00905. The minimum Gasteiger partial charge on any atom is -0.538 e. The van der Waals surface area contributed by atoms with Crippen LogP contribution < -0.4 is 15.1 Å². The van der Waals surface area contributed by atoms with E-state index >= 15 is 0 Å². The summed E-state index contributed by atoms with van der Waals surface area (Å²) in [6.07, 6.45) is 3.83. The van der Waals surface area contributed by atoms with Gasteiger partial charge in [-0.05, 0) is 49.9 Å². The number of rotatable bonds is 6. The second kappa shape index (κ2) is 8.09. The van der Waals surface area contributed by atoms with Crippen LogP contribution in [0.1, 0.15) is 40.6 Å². The van der Waals surface area contributed by atoms with E-state index in [1.54, 1.807) is 14.0 Å². The molecule has 0 fully saturated rings. The number of ether oxygens (including phenoxy) is 1. The second-order valence-corrected chi connectivity index (χ2v) is 7.83. The summed E-state index contributed by atoms with van der Waals surface area (Å²) in [6, 6.07) is 0. The predicted octanol–water partition coefficient (Wildman–Crippen LogP) is 1.42. The summed E-state index contributed by atoms with van der Waals surface area (Å²) in [4.78, 5) is 25.8. The van der Waals surface area contributed by atoms with Crippen molar-refractivity contribution >= 4 is 40.0 Å². The van der Waals surface area contributed by atoms with Crippen molar-refractivity contribution in [1.29, 1.82) is 0 Å². The maximum Gasteiger partial charge on any atom is 0.341 e. The van der Waals surface area contributed by atoms with E-state index in [4.69, 9.17) is 4.74 Å². The topological polar surface area (TPSA) is 108 Å². The zero-order valence-electron chi connectivity index (χ0n) is 14.5. The number of hydrogen-bond acceptors (Lipinski definition) is 8. The highest BCUT2D eigenvalue weighted by Crippen LogP contribution is 2.38. The minimum atomic E-state index is -0.580. The van der Waals surface area contributed by atoms with E-state index in [0.717, 1.165) is 47.9 Å². The number of aryl methyl sites for hydroxylation is 2. The molecule has 2 aromatic heterocycles. The summed E-state index contributed by atoms with van der Waals surface area (Å²) in [5.41, 5.74) is 1.47. The summed E-state index contributed by atoms with van der Waals surface area (Å²) in [5, 5.41) is 18.6. The van der Waals surface area contributed by atoms with Gasteiger partial charge in [0, 0.05) is 4.88 Å². The van der Waals surface area contributed by atoms with Crippen LogP contribution in [0, 0.1) is 0 Å². The quantitative estimate of drug-likeness (QED) is 0.446. The lowest BCUT2D eigenvalue weighted by molar-refractivity contribution is -0.772. The molecule has 3 rings (SSSR count). The highest BCUT2D eigenvalue weighted by molar-refractivity contribution is 7.99. The van der Waals surface area contributed by atoms with Gasteiger partial charge in [-0.2, -0.15) is 0 Å². The molecule has 0 saturated carbocycles. The number of hydrogen-bond donors (Lipinski definition) is 1. The Hall–Kier alpha value is -2.07. The number of aromatic nitrogens is 2. The number of anilines is 1. The molecule has 1 amide bonds. The largest absolute Gasteiger partial charge is 0.538 e. The molecule has 1 aliphatic rings. The molecule has 1 N–H and O–H groups in total. The molecule has 0 spiro atoms. The lowest BCUT2D eigenvalue weighted by Gasteiger charge is -2.12. The van der Waals surface area contributed by atoms with Crippen LogP contribution in [0.2, 0.25) is 0 Å². The number of esters is 1. The maximum atomic E-state index is 12.4. The molecule has 0 unspecified atom stereocenters. The van der Waals surface area contributed by atoms with Crippen LogP contribution in [0.4, 0.5) is 5.00 Å². The van der Waals surface area contributed by atoms with Crippen molar-refractivity contribution in [3.05, 3.63) is 16.0 Å². The Kier molecular flexibility index (Phi) is 5.82. The molecule has 26 heavy (non-hydrogen) atoms. The van der Waals surface area contributed by atoms with Crippen LogP contribution in [-0.4, -0.2) is 29.5 Å². The van der Waals surface area contributed by atoms with Crippen molar-refractivity contribution in [1.82, 2.24) is 5.27 Å². The standard InChI is InChI=1S/C16H19N3O5S2/c1-3-23-15(21)12-9-6-4-5-7-10(9)26-13(12)17-11(20)8-25-14-16(22)24-18-19(14)2/h3-8H2,1-2H3,(H-,17,18,20,21,22). The predicted molar refractivity (Wildman–Crippen MR) is 93.4 cm³/mol. The van der Waals surface area contributed by atoms with Gasteiger partial charge in [0.2, 0.25) is 5.91 Å². The van der Waals surface area contributed by atoms with Crippen molar-refractivity contribution in [3.8, 4) is 5.95 Å². The highest BCUT2D eigenvalue weighted by atomic mass is 32.2. The number of thiophene rings is 1. The van der Waals surface area contributed by atoms with Gasteiger partial charge in [-0.3, -0.25) is 4.79 Å². The number of carbonyl (C=O) groups is 2. The number of thioether (sulfide) groups is 1. The molecule has 2 aromatic rings. The highest BCUT2D eigenvalue weighted by Gasteiger charge is 2.27. The van der Waals surface area contributed by atoms with E-state index in [1.165, 1.54) is 16.0 Å². The maximum absolute atomic E-state index is 12.4.